The van der Waals surface area contributed by atoms with E-state index in [9.17, 15) is 0 Å². The van der Waals surface area contributed by atoms with Crippen LogP contribution in [0.2, 0.25) is 0 Å². The van der Waals surface area contributed by atoms with E-state index >= 15 is 0 Å². The third kappa shape index (κ3) is 1.75. The summed E-state index contributed by atoms with van der Waals surface area (Å²) in [5.74, 6) is 0.354. The Balaban J connectivity index is 2.48. The molecule has 0 amide bonds. The molecule has 0 bridgehead atoms. The quantitative estimate of drug-likeness (QED) is 0.818. The van der Waals surface area contributed by atoms with Gasteiger partial charge in [0, 0.05) is 5.69 Å². The lowest BCUT2D eigenvalue weighted by molar-refractivity contribution is 1.01. The van der Waals surface area contributed by atoms with Gasteiger partial charge in [0.1, 0.15) is 0 Å². The molecule has 0 aromatic carbocycles. The Kier molecular flexibility index (Phi) is 2.45. The summed E-state index contributed by atoms with van der Waals surface area (Å²) in [7, 11) is 0. The second-order valence-electron chi connectivity index (χ2n) is 2.93. The van der Waals surface area contributed by atoms with Crippen LogP contribution in [0.4, 0.5) is 5.95 Å². The van der Waals surface area contributed by atoms with Crippen LogP contribution in [-0.4, -0.2) is 9.97 Å². The van der Waals surface area contributed by atoms with Gasteiger partial charge in [0.05, 0.1) is 10.6 Å². The fraction of sp³-hybridized carbons (Fsp3) is 0.200. The molecule has 0 aliphatic rings. The number of rotatable bonds is 2. The summed E-state index contributed by atoms with van der Waals surface area (Å²) < 4.78 is 0. The second kappa shape index (κ2) is 3.75. The molecular weight excluding hydrogens is 194 g/mol. The van der Waals surface area contributed by atoms with Crippen LogP contribution in [-0.2, 0) is 6.42 Å². The Bertz CT molecular complexity index is 423. The standard InChI is InChI=1S/C10H11N3S/c1-2-7-6-8(13-10(11)12-7)9-4-3-5-14-9/h3-6H,2H2,1H3,(H2,11,12,13). The zero-order valence-electron chi connectivity index (χ0n) is 7.90. The average Bonchev–Trinajstić information content (AvgIpc) is 2.69. The van der Waals surface area contributed by atoms with Gasteiger partial charge in [0.2, 0.25) is 5.95 Å². The van der Waals surface area contributed by atoms with Gasteiger partial charge in [-0.1, -0.05) is 13.0 Å². The molecule has 0 aliphatic heterocycles. The SMILES string of the molecule is CCc1cc(-c2cccs2)nc(N)n1. The summed E-state index contributed by atoms with van der Waals surface area (Å²) in [5, 5.41) is 2.03. The van der Waals surface area contributed by atoms with Gasteiger partial charge in [0.25, 0.3) is 0 Å². The van der Waals surface area contributed by atoms with E-state index in [1.807, 2.05) is 23.6 Å². The largest absolute Gasteiger partial charge is 0.368 e. The van der Waals surface area contributed by atoms with Crippen molar-refractivity contribution in [2.75, 3.05) is 5.73 Å². The third-order valence-corrected chi connectivity index (χ3v) is 2.82. The van der Waals surface area contributed by atoms with Crippen LogP contribution in [0.1, 0.15) is 12.6 Å². The fourth-order valence-corrected chi connectivity index (χ4v) is 1.94. The number of hydrogen-bond donors (Lipinski definition) is 1. The summed E-state index contributed by atoms with van der Waals surface area (Å²) in [6.07, 6.45) is 0.880. The van der Waals surface area contributed by atoms with E-state index in [0.717, 1.165) is 22.7 Å². The van der Waals surface area contributed by atoms with Crippen LogP contribution in [0.5, 0.6) is 0 Å². The fourth-order valence-electron chi connectivity index (χ4n) is 1.25. The summed E-state index contributed by atoms with van der Waals surface area (Å²) in [5.41, 5.74) is 7.53. The van der Waals surface area contributed by atoms with Crippen molar-refractivity contribution in [1.82, 2.24) is 9.97 Å². The van der Waals surface area contributed by atoms with Crippen LogP contribution in [0, 0.1) is 0 Å². The molecule has 0 unspecified atom stereocenters. The number of thiophene rings is 1. The zero-order valence-corrected chi connectivity index (χ0v) is 8.71. The van der Waals surface area contributed by atoms with Gasteiger partial charge in [-0.05, 0) is 23.9 Å². The third-order valence-electron chi connectivity index (χ3n) is 1.93. The summed E-state index contributed by atoms with van der Waals surface area (Å²) in [6.45, 7) is 2.06. The highest BCUT2D eigenvalue weighted by Crippen LogP contribution is 2.23. The lowest BCUT2D eigenvalue weighted by Gasteiger charge is -2.01. The first-order valence-corrected chi connectivity index (χ1v) is 5.35. The summed E-state index contributed by atoms with van der Waals surface area (Å²) >= 11 is 1.66. The topological polar surface area (TPSA) is 51.8 Å². The van der Waals surface area contributed by atoms with E-state index in [1.54, 1.807) is 11.3 Å². The van der Waals surface area contributed by atoms with E-state index < -0.39 is 0 Å². The molecule has 72 valence electrons. The molecule has 2 N–H and O–H groups in total. The maximum absolute atomic E-state index is 5.62. The van der Waals surface area contributed by atoms with Crippen LogP contribution >= 0.6 is 11.3 Å². The van der Waals surface area contributed by atoms with Gasteiger partial charge in [-0.25, -0.2) is 9.97 Å². The zero-order chi connectivity index (χ0) is 9.97. The average molecular weight is 205 g/mol. The Morgan fingerprint density at radius 2 is 2.29 bits per heavy atom. The van der Waals surface area contributed by atoms with Gasteiger partial charge in [-0.15, -0.1) is 11.3 Å². The number of nitrogen functional groups attached to an aromatic ring is 1. The predicted octanol–water partition coefficient (Wildman–Crippen LogP) is 2.35. The van der Waals surface area contributed by atoms with Crippen LogP contribution in [0.15, 0.2) is 23.6 Å². The van der Waals surface area contributed by atoms with Crippen LogP contribution in [0.25, 0.3) is 10.6 Å². The molecule has 2 aromatic heterocycles. The van der Waals surface area contributed by atoms with Gasteiger partial charge in [0.15, 0.2) is 0 Å². The minimum Gasteiger partial charge on any atom is -0.368 e. The molecule has 3 nitrogen and oxygen atoms in total. The van der Waals surface area contributed by atoms with Crippen LogP contribution in [0.3, 0.4) is 0 Å². The van der Waals surface area contributed by atoms with E-state index in [0.29, 0.717) is 5.95 Å². The van der Waals surface area contributed by atoms with E-state index in [-0.39, 0.29) is 0 Å². The lowest BCUT2D eigenvalue weighted by Crippen LogP contribution is -1.99. The highest BCUT2D eigenvalue weighted by molar-refractivity contribution is 7.13. The number of nitrogens with two attached hydrogens (primary N) is 1. The summed E-state index contributed by atoms with van der Waals surface area (Å²) in [6, 6.07) is 6.03. The first kappa shape index (κ1) is 9.15. The number of nitrogens with zero attached hydrogens (tertiary/aromatic N) is 2. The molecular formula is C10H11N3S. The monoisotopic (exact) mass is 205 g/mol. The van der Waals surface area contributed by atoms with Crippen molar-refractivity contribution in [3.05, 3.63) is 29.3 Å². The maximum Gasteiger partial charge on any atom is 0.220 e. The Morgan fingerprint density at radius 3 is 2.93 bits per heavy atom. The first-order valence-electron chi connectivity index (χ1n) is 4.47. The Hall–Kier alpha value is -1.42. The molecule has 0 saturated heterocycles. The molecule has 0 spiro atoms. The van der Waals surface area contributed by atoms with Crippen molar-refractivity contribution in [2.24, 2.45) is 0 Å². The van der Waals surface area contributed by atoms with Gasteiger partial charge >= 0.3 is 0 Å². The summed E-state index contributed by atoms with van der Waals surface area (Å²) in [4.78, 5) is 9.47. The lowest BCUT2D eigenvalue weighted by atomic mass is 10.2. The van der Waals surface area contributed by atoms with E-state index in [1.165, 1.54) is 0 Å². The molecule has 0 radical (unpaired) electrons. The van der Waals surface area contributed by atoms with E-state index in [2.05, 4.69) is 16.9 Å². The molecule has 2 aromatic rings. The molecule has 2 rings (SSSR count). The highest BCUT2D eigenvalue weighted by Gasteiger charge is 2.03. The van der Waals surface area contributed by atoms with Gasteiger partial charge in [-0.2, -0.15) is 0 Å². The Morgan fingerprint density at radius 1 is 1.43 bits per heavy atom. The molecule has 0 atom stereocenters. The molecule has 2 heterocycles. The van der Waals surface area contributed by atoms with Crippen molar-refractivity contribution < 1.29 is 0 Å². The van der Waals surface area contributed by atoms with Crippen molar-refractivity contribution >= 4 is 17.3 Å². The van der Waals surface area contributed by atoms with Crippen molar-refractivity contribution in [2.45, 2.75) is 13.3 Å². The molecule has 0 aliphatic carbocycles. The van der Waals surface area contributed by atoms with Gasteiger partial charge < -0.3 is 5.73 Å². The number of aromatic nitrogens is 2. The first-order chi connectivity index (χ1) is 6.79. The molecule has 14 heavy (non-hydrogen) atoms. The number of hydrogen-bond acceptors (Lipinski definition) is 4. The molecule has 4 heteroatoms. The van der Waals surface area contributed by atoms with Crippen LogP contribution < -0.4 is 5.73 Å². The van der Waals surface area contributed by atoms with Gasteiger partial charge in [-0.3, -0.25) is 0 Å². The molecule has 0 fully saturated rings. The van der Waals surface area contributed by atoms with Crippen molar-refractivity contribution in [3.8, 4) is 10.6 Å². The van der Waals surface area contributed by atoms with Crippen molar-refractivity contribution in [3.63, 3.8) is 0 Å². The minimum absolute atomic E-state index is 0.354. The second-order valence-corrected chi connectivity index (χ2v) is 3.88. The predicted molar refractivity (Wildman–Crippen MR) is 59.1 cm³/mol. The molecule has 0 saturated carbocycles. The van der Waals surface area contributed by atoms with E-state index in [4.69, 9.17) is 5.73 Å². The number of anilines is 1. The normalized spacial score (nSPS) is 10.4. The number of aryl methyl sites for hydroxylation is 1. The maximum atomic E-state index is 5.62. The van der Waals surface area contributed by atoms with Crippen molar-refractivity contribution in [1.29, 1.82) is 0 Å². The highest BCUT2D eigenvalue weighted by atomic mass is 32.1. The minimum atomic E-state index is 0.354. The Labute approximate surface area is 86.6 Å². The smallest absolute Gasteiger partial charge is 0.220 e.